The molecule has 2 saturated heterocycles. The maximum Gasteiger partial charge on any atom is 0.232 e. The standard InChI is InChI=1S/C19H26FN3O2.2ClH/c20-15-9-16(11-17(10-15)23-5-7-25-8-6-23)22-18(24)19-4-2-1-3-14(19)12-21-13-19;;/h9-11,14,21H,1-8,12-13H2,(H,22,24);2*1H/t14-,19+;;/m0../s1. The highest BCUT2D eigenvalue weighted by Gasteiger charge is 2.49. The molecule has 0 radical (unpaired) electrons. The summed E-state index contributed by atoms with van der Waals surface area (Å²) in [6.07, 6.45) is 4.31. The molecule has 1 aromatic carbocycles. The van der Waals surface area contributed by atoms with Crippen LogP contribution in [0.3, 0.4) is 0 Å². The van der Waals surface area contributed by atoms with E-state index in [9.17, 15) is 9.18 Å². The second kappa shape index (κ2) is 9.41. The predicted molar refractivity (Wildman–Crippen MR) is 110 cm³/mol. The third-order valence-electron chi connectivity index (χ3n) is 6.01. The summed E-state index contributed by atoms with van der Waals surface area (Å²) >= 11 is 0. The summed E-state index contributed by atoms with van der Waals surface area (Å²) in [7, 11) is 0. The first-order valence-corrected chi connectivity index (χ1v) is 9.33. The molecule has 1 aromatic rings. The van der Waals surface area contributed by atoms with Gasteiger partial charge in [0, 0.05) is 31.0 Å². The van der Waals surface area contributed by atoms with Crippen LogP contribution >= 0.6 is 24.8 Å². The van der Waals surface area contributed by atoms with Crippen LogP contribution in [0.4, 0.5) is 15.8 Å². The zero-order valence-corrected chi connectivity index (χ0v) is 17.0. The highest BCUT2D eigenvalue weighted by Crippen LogP contribution is 2.44. The number of nitrogens with one attached hydrogen (secondary N) is 2. The molecule has 2 atom stereocenters. The van der Waals surface area contributed by atoms with Crippen molar-refractivity contribution < 1.29 is 13.9 Å². The van der Waals surface area contributed by atoms with Gasteiger partial charge in [-0.05, 0) is 43.5 Å². The Balaban J connectivity index is 0.00000131. The molecule has 0 aromatic heterocycles. The molecule has 1 saturated carbocycles. The third kappa shape index (κ3) is 4.50. The van der Waals surface area contributed by atoms with E-state index in [1.165, 1.54) is 18.6 Å². The van der Waals surface area contributed by atoms with Gasteiger partial charge < -0.3 is 20.3 Å². The Hall–Kier alpha value is -1.08. The summed E-state index contributed by atoms with van der Waals surface area (Å²) < 4.78 is 19.5. The summed E-state index contributed by atoms with van der Waals surface area (Å²) in [5.41, 5.74) is 1.03. The average Bonchev–Trinajstić information content (AvgIpc) is 3.07. The lowest BCUT2D eigenvalue weighted by atomic mass is 9.67. The van der Waals surface area contributed by atoms with Gasteiger partial charge in [-0.1, -0.05) is 12.8 Å². The SMILES string of the molecule is Cl.Cl.O=C(Nc1cc(F)cc(N2CCOCC2)c1)[C@@]12CCCC[C@H]1CNC2. The number of amides is 1. The van der Waals surface area contributed by atoms with E-state index in [4.69, 9.17) is 4.74 Å². The topological polar surface area (TPSA) is 53.6 Å². The van der Waals surface area contributed by atoms with Gasteiger partial charge >= 0.3 is 0 Å². The molecule has 2 heterocycles. The second-order valence-electron chi connectivity index (χ2n) is 7.48. The lowest BCUT2D eigenvalue weighted by molar-refractivity contribution is -0.128. The van der Waals surface area contributed by atoms with Crippen molar-refractivity contribution in [3.05, 3.63) is 24.0 Å². The van der Waals surface area contributed by atoms with E-state index in [2.05, 4.69) is 15.5 Å². The molecular weight excluding hydrogens is 392 g/mol. The molecule has 2 aliphatic heterocycles. The number of benzene rings is 1. The number of nitrogens with zero attached hydrogens (tertiary/aromatic N) is 1. The van der Waals surface area contributed by atoms with Gasteiger partial charge in [-0.2, -0.15) is 0 Å². The van der Waals surface area contributed by atoms with Crippen LogP contribution in [0, 0.1) is 17.2 Å². The van der Waals surface area contributed by atoms with Gasteiger partial charge in [0.15, 0.2) is 0 Å². The number of morpholine rings is 1. The highest BCUT2D eigenvalue weighted by molar-refractivity contribution is 5.96. The van der Waals surface area contributed by atoms with E-state index in [-0.39, 0.29) is 42.0 Å². The van der Waals surface area contributed by atoms with Crippen molar-refractivity contribution in [2.45, 2.75) is 25.7 Å². The molecular formula is C19H28Cl2FN3O2. The molecule has 8 heteroatoms. The third-order valence-corrected chi connectivity index (χ3v) is 6.01. The molecule has 0 unspecified atom stereocenters. The minimum absolute atomic E-state index is 0. The van der Waals surface area contributed by atoms with Crippen LogP contribution in [0.5, 0.6) is 0 Å². The van der Waals surface area contributed by atoms with E-state index in [1.807, 2.05) is 6.07 Å². The van der Waals surface area contributed by atoms with E-state index in [0.717, 1.165) is 51.1 Å². The predicted octanol–water partition coefficient (Wildman–Crippen LogP) is 3.22. The number of halogens is 3. The summed E-state index contributed by atoms with van der Waals surface area (Å²) in [5.74, 6) is 0.121. The number of carbonyl (C=O) groups excluding carboxylic acids is 1. The molecule has 2 N–H and O–H groups in total. The van der Waals surface area contributed by atoms with Crippen LogP contribution in [0.1, 0.15) is 25.7 Å². The first kappa shape index (κ1) is 22.2. The molecule has 152 valence electrons. The van der Waals surface area contributed by atoms with Gasteiger partial charge in [0.05, 0.1) is 18.6 Å². The van der Waals surface area contributed by atoms with Gasteiger partial charge in [-0.3, -0.25) is 4.79 Å². The lowest BCUT2D eigenvalue weighted by Crippen LogP contribution is -2.44. The van der Waals surface area contributed by atoms with Gasteiger partial charge in [0.2, 0.25) is 5.91 Å². The summed E-state index contributed by atoms with van der Waals surface area (Å²) in [6.45, 7) is 4.42. The largest absolute Gasteiger partial charge is 0.378 e. The molecule has 0 spiro atoms. The van der Waals surface area contributed by atoms with Crippen LogP contribution in [-0.4, -0.2) is 45.3 Å². The molecule has 4 rings (SSSR count). The average molecular weight is 420 g/mol. The molecule has 3 aliphatic rings. The Morgan fingerprint density at radius 1 is 1.22 bits per heavy atom. The zero-order chi connectivity index (χ0) is 17.3. The van der Waals surface area contributed by atoms with Crippen LogP contribution < -0.4 is 15.5 Å². The lowest BCUT2D eigenvalue weighted by Gasteiger charge is -2.37. The molecule has 1 amide bonds. The maximum atomic E-state index is 14.1. The quantitative estimate of drug-likeness (QED) is 0.789. The first-order valence-electron chi connectivity index (χ1n) is 9.33. The van der Waals surface area contributed by atoms with Crippen LogP contribution in [0.25, 0.3) is 0 Å². The zero-order valence-electron chi connectivity index (χ0n) is 15.3. The van der Waals surface area contributed by atoms with Crippen molar-refractivity contribution in [1.29, 1.82) is 0 Å². The summed E-state index contributed by atoms with van der Waals surface area (Å²) in [4.78, 5) is 15.2. The molecule has 3 fully saturated rings. The minimum Gasteiger partial charge on any atom is -0.378 e. The van der Waals surface area contributed by atoms with Gasteiger partial charge in [-0.15, -0.1) is 24.8 Å². The highest BCUT2D eigenvalue weighted by atomic mass is 35.5. The number of ether oxygens (including phenoxy) is 1. The van der Waals surface area contributed by atoms with E-state index >= 15 is 0 Å². The van der Waals surface area contributed by atoms with Crippen LogP contribution in [-0.2, 0) is 9.53 Å². The minimum atomic E-state index is -0.330. The van der Waals surface area contributed by atoms with Crippen molar-refractivity contribution in [3.63, 3.8) is 0 Å². The fourth-order valence-corrected chi connectivity index (χ4v) is 4.60. The fourth-order valence-electron chi connectivity index (χ4n) is 4.60. The molecule has 5 nitrogen and oxygen atoms in total. The Morgan fingerprint density at radius 2 is 2.00 bits per heavy atom. The smallest absolute Gasteiger partial charge is 0.232 e. The number of carbonyl (C=O) groups is 1. The van der Waals surface area contributed by atoms with Crippen LogP contribution in [0.15, 0.2) is 18.2 Å². The van der Waals surface area contributed by atoms with Crippen molar-refractivity contribution in [1.82, 2.24) is 5.32 Å². The Kier molecular flexibility index (Phi) is 7.74. The van der Waals surface area contributed by atoms with Gasteiger partial charge in [-0.25, -0.2) is 4.39 Å². The van der Waals surface area contributed by atoms with E-state index in [0.29, 0.717) is 24.8 Å². The molecule has 27 heavy (non-hydrogen) atoms. The van der Waals surface area contributed by atoms with Crippen molar-refractivity contribution in [2.24, 2.45) is 11.3 Å². The van der Waals surface area contributed by atoms with Crippen molar-refractivity contribution in [2.75, 3.05) is 49.6 Å². The first-order chi connectivity index (χ1) is 12.2. The van der Waals surface area contributed by atoms with Gasteiger partial charge in [0.1, 0.15) is 5.82 Å². The Morgan fingerprint density at radius 3 is 2.78 bits per heavy atom. The maximum absolute atomic E-state index is 14.1. The summed E-state index contributed by atoms with van der Waals surface area (Å²) in [6, 6.07) is 4.82. The van der Waals surface area contributed by atoms with Gasteiger partial charge in [0.25, 0.3) is 0 Å². The monoisotopic (exact) mass is 419 g/mol. The fraction of sp³-hybridized carbons (Fsp3) is 0.632. The van der Waals surface area contributed by atoms with Crippen molar-refractivity contribution in [3.8, 4) is 0 Å². The molecule has 1 aliphatic carbocycles. The normalized spacial score (nSPS) is 27.1. The molecule has 0 bridgehead atoms. The Bertz CT molecular complexity index is 658. The van der Waals surface area contributed by atoms with Crippen LogP contribution in [0.2, 0.25) is 0 Å². The number of hydrogen-bond acceptors (Lipinski definition) is 4. The van der Waals surface area contributed by atoms with E-state index < -0.39 is 0 Å². The number of rotatable bonds is 3. The number of fused-ring (bicyclic) bond motifs is 1. The summed E-state index contributed by atoms with van der Waals surface area (Å²) in [5, 5.41) is 6.41. The second-order valence-corrected chi connectivity index (χ2v) is 7.48. The van der Waals surface area contributed by atoms with E-state index in [1.54, 1.807) is 0 Å². The van der Waals surface area contributed by atoms with Crippen molar-refractivity contribution >= 4 is 42.1 Å². The Labute approximate surface area is 172 Å². The number of anilines is 2. The number of hydrogen-bond donors (Lipinski definition) is 2.